The second-order valence-electron chi connectivity index (χ2n) is 4.16. The summed E-state index contributed by atoms with van der Waals surface area (Å²) in [6, 6.07) is 0. The number of hydrogen-bond donors (Lipinski definition) is 2. The van der Waals surface area contributed by atoms with Crippen LogP contribution >= 0.6 is 0 Å². The molecule has 0 fully saturated rings. The number of hydrogen-bond acceptors (Lipinski definition) is 5. The van der Waals surface area contributed by atoms with Crippen LogP contribution in [0.2, 0.25) is 0 Å². The fraction of sp³-hybridized carbons (Fsp3) is 0.364. The van der Waals surface area contributed by atoms with Gasteiger partial charge in [-0.2, -0.15) is 0 Å². The maximum atomic E-state index is 12.3. The van der Waals surface area contributed by atoms with Crippen molar-refractivity contribution in [2.24, 2.45) is 0 Å². The van der Waals surface area contributed by atoms with Gasteiger partial charge in [0, 0.05) is 5.69 Å². The number of fused-ring (bicyclic) bond motifs is 2. The normalized spacial score (nSPS) is 11.7. The zero-order valence-electron chi connectivity index (χ0n) is 10.3. The van der Waals surface area contributed by atoms with Crippen LogP contribution in [0.4, 0.5) is 0 Å². The van der Waals surface area contributed by atoms with Crippen LogP contribution < -0.4 is 5.56 Å². The molecular formula is C11H13N5O3. The van der Waals surface area contributed by atoms with E-state index >= 15 is 0 Å². The number of nitrogens with zero attached hydrogens (tertiary/aromatic N) is 4. The van der Waals surface area contributed by atoms with Gasteiger partial charge in [0.1, 0.15) is 12.4 Å². The summed E-state index contributed by atoms with van der Waals surface area (Å²) in [5.41, 5.74) is 1.44. The van der Waals surface area contributed by atoms with Gasteiger partial charge in [0.25, 0.3) is 5.56 Å². The van der Waals surface area contributed by atoms with E-state index in [9.17, 15) is 4.79 Å². The average molecular weight is 263 g/mol. The molecule has 3 aromatic heterocycles. The van der Waals surface area contributed by atoms with Gasteiger partial charge < -0.3 is 14.8 Å². The Morgan fingerprint density at radius 2 is 2.32 bits per heavy atom. The van der Waals surface area contributed by atoms with Gasteiger partial charge in [0.05, 0.1) is 25.7 Å². The third kappa shape index (κ3) is 1.81. The molecule has 0 aromatic carbocycles. The van der Waals surface area contributed by atoms with Gasteiger partial charge in [-0.1, -0.05) is 0 Å². The lowest BCUT2D eigenvalue weighted by molar-refractivity contribution is 0.0499. The third-order valence-electron chi connectivity index (χ3n) is 2.88. The molecule has 3 aromatic rings. The highest BCUT2D eigenvalue weighted by Crippen LogP contribution is 2.09. The van der Waals surface area contributed by atoms with Crippen LogP contribution in [0.3, 0.4) is 0 Å². The van der Waals surface area contributed by atoms with Crippen molar-refractivity contribution in [2.75, 3.05) is 13.2 Å². The molecule has 8 nitrogen and oxygen atoms in total. The van der Waals surface area contributed by atoms with E-state index in [4.69, 9.17) is 9.84 Å². The smallest absolute Gasteiger partial charge is 0.287 e. The van der Waals surface area contributed by atoms with Gasteiger partial charge in [-0.3, -0.25) is 9.36 Å². The van der Waals surface area contributed by atoms with Crippen molar-refractivity contribution in [3.63, 3.8) is 0 Å². The van der Waals surface area contributed by atoms with Gasteiger partial charge >= 0.3 is 0 Å². The Labute approximate surface area is 107 Å². The zero-order chi connectivity index (χ0) is 13.4. The Bertz CT molecular complexity index is 785. The minimum Gasteiger partial charge on any atom is -0.394 e. The molecule has 0 saturated carbocycles. The van der Waals surface area contributed by atoms with E-state index in [2.05, 4.69) is 15.0 Å². The number of H-pyrrole nitrogens is 1. The molecule has 8 heteroatoms. The molecule has 0 spiro atoms. The van der Waals surface area contributed by atoms with Crippen molar-refractivity contribution < 1.29 is 9.84 Å². The Kier molecular flexibility index (Phi) is 2.80. The first kappa shape index (κ1) is 11.9. The molecule has 0 saturated heterocycles. The molecule has 100 valence electrons. The minimum atomic E-state index is -0.209. The van der Waals surface area contributed by atoms with Crippen molar-refractivity contribution in [3.05, 3.63) is 28.6 Å². The summed E-state index contributed by atoms with van der Waals surface area (Å²) in [4.78, 5) is 23.5. The van der Waals surface area contributed by atoms with E-state index in [0.29, 0.717) is 16.9 Å². The standard InChI is InChI=1S/C11H13N5O3/c1-7-4-12-11-14-9-8(10(18)16(7)11)13-5-15(9)6-19-3-2-17/h4-5,17H,2-3,6H2,1H3,(H,12,14). The monoisotopic (exact) mass is 263 g/mol. The van der Waals surface area contributed by atoms with E-state index in [1.54, 1.807) is 10.8 Å². The predicted octanol–water partition coefficient (Wildman–Crippen LogP) is -0.353. The maximum Gasteiger partial charge on any atom is 0.287 e. The number of aliphatic hydroxyl groups is 1. The predicted molar refractivity (Wildman–Crippen MR) is 66.9 cm³/mol. The average Bonchev–Trinajstić information content (AvgIpc) is 2.96. The van der Waals surface area contributed by atoms with Crippen LogP contribution in [-0.2, 0) is 11.5 Å². The number of aromatic nitrogens is 5. The first-order valence-corrected chi connectivity index (χ1v) is 5.82. The molecule has 19 heavy (non-hydrogen) atoms. The summed E-state index contributed by atoms with van der Waals surface area (Å²) in [6.07, 6.45) is 3.15. The molecule has 2 N–H and O–H groups in total. The largest absolute Gasteiger partial charge is 0.394 e. The quantitative estimate of drug-likeness (QED) is 0.627. The number of ether oxygens (including phenoxy) is 1. The molecule has 3 rings (SSSR count). The molecule has 0 aliphatic carbocycles. The van der Waals surface area contributed by atoms with Crippen molar-refractivity contribution in [2.45, 2.75) is 13.7 Å². The first-order valence-electron chi connectivity index (χ1n) is 5.82. The number of aromatic amines is 1. The van der Waals surface area contributed by atoms with Gasteiger partial charge in [0.15, 0.2) is 5.52 Å². The summed E-state index contributed by atoms with van der Waals surface area (Å²) in [5.74, 6) is 0.471. The summed E-state index contributed by atoms with van der Waals surface area (Å²) in [7, 11) is 0. The lowest BCUT2D eigenvalue weighted by Gasteiger charge is -2.04. The Balaban J connectivity index is 2.15. The lowest BCUT2D eigenvalue weighted by atomic mass is 10.5. The summed E-state index contributed by atoms with van der Waals surface area (Å²) in [5, 5.41) is 8.68. The van der Waals surface area contributed by atoms with E-state index in [1.165, 1.54) is 10.7 Å². The van der Waals surface area contributed by atoms with Crippen LogP contribution in [0.5, 0.6) is 0 Å². The van der Waals surface area contributed by atoms with Gasteiger partial charge in [0.2, 0.25) is 5.78 Å². The van der Waals surface area contributed by atoms with E-state index in [-0.39, 0.29) is 25.5 Å². The molecule has 0 bridgehead atoms. The highest BCUT2D eigenvalue weighted by molar-refractivity contribution is 5.71. The number of aryl methyl sites for hydroxylation is 1. The van der Waals surface area contributed by atoms with Crippen molar-refractivity contribution in [3.8, 4) is 0 Å². The van der Waals surface area contributed by atoms with Gasteiger partial charge in [-0.15, -0.1) is 0 Å². The fourth-order valence-electron chi connectivity index (χ4n) is 1.99. The maximum absolute atomic E-state index is 12.3. The molecule has 0 amide bonds. The molecule has 0 aliphatic heterocycles. The van der Waals surface area contributed by atoms with Gasteiger partial charge in [-0.25, -0.2) is 14.4 Å². The van der Waals surface area contributed by atoms with Crippen molar-refractivity contribution in [1.29, 1.82) is 0 Å². The first-order chi connectivity index (χ1) is 9.22. The highest BCUT2D eigenvalue weighted by Gasteiger charge is 2.12. The molecule has 3 heterocycles. The third-order valence-corrected chi connectivity index (χ3v) is 2.88. The second-order valence-corrected chi connectivity index (χ2v) is 4.16. The number of rotatable bonds is 4. The molecular weight excluding hydrogens is 250 g/mol. The van der Waals surface area contributed by atoms with Crippen LogP contribution in [-0.4, -0.2) is 42.2 Å². The summed E-state index contributed by atoms with van der Waals surface area (Å²) in [6.45, 7) is 2.20. The fourth-order valence-corrected chi connectivity index (χ4v) is 1.99. The highest BCUT2D eigenvalue weighted by atomic mass is 16.5. The van der Waals surface area contributed by atoms with E-state index in [0.717, 1.165) is 5.69 Å². The van der Waals surface area contributed by atoms with Gasteiger partial charge in [-0.05, 0) is 6.92 Å². The second kappa shape index (κ2) is 4.48. The SMILES string of the molecule is Cc1cnc2[nH]c3c(ncn3COCCO)c(=O)n12. The topological polar surface area (TPSA) is 97.4 Å². The Hall–Kier alpha value is -2.19. The summed E-state index contributed by atoms with van der Waals surface area (Å²) < 4.78 is 8.36. The number of aliphatic hydroxyl groups excluding tert-OH is 1. The number of nitrogens with one attached hydrogen (secondary N) is 1. The van der Waals surface area contributed by atoms with Crippen LogP contribution in [0.1, 0.15) is 5.69 Å². The minimum absolute atomic E-state index is 0.0488. The molecule has 0 atom stereocenters. The van der Waals surface area contributed by atoms with E-state index < -0.39 is 0 Å². The Morgan fingerprint density at radius 1 is 1.47 bits per heavy atom. The molecule has 0 unspecified atom stereocenters. The van der Waals surface area contributed by atoms with Crippen LogP contribution in [0, 0.1) is 6.92 Å². The van der Waals surface area contributed by atoms with Crippen LogP contribution in [0.25, 0.3) is 16.9 Å². The van der Waals surface area contributed by atoms with E-state index in [1.807, 2.05) is 6.92 Å². The van der Waals surface area contributed by atoms with Crippen LogP contribution in [0.15, 0.2) is 17.3 Å². The lowest BCUT2D eigenvalue weighted by Crippen LogP contribution is -2.16. The zero-order valence-corrected chi connectivity index (χ0v) is 10.3. The van der Waals surface area contributed by atoms with Crippen molar-refractivity contribution >= 4 is 16.9 Å². The summed E-state index contributed by atoms with van der Waals surface area (Å²) >= 11 is 0. The molecule has 0 radical (unpaired) electrons. The molecule has 0 aliphatic rings. The van der Waals surface area contributed by atoms with Crippen molar-refractivity contribution in [1.82, 2.24) is 23.9 Å². The Morgan fingerprint density at radius 3 is 3.11 bits per heavy atom. The number of imidazole rings is 2.